The zero-order valence-electron chi connectivity index (χ0n) is 16.2. The van der Waals surface area contributed by atoms with Gasteiger partial charge in [0, 0.05) is 5.56 Å². The first-order valence-corrected chi connectivity index (χ1v) is 11.2. The SMILES string of the molecule is CC(C)(C)[Si](OCc1ccc(C=O)cc1)(c1ccccc1)c1ccccc1. The van der Waals surface area contributed by atoms with Crippen LogP contribution in [-0.4, -0.2) is 14.6 Å². The molecule has 0 aliphatic heterocycles. The van der Waals surface area contributed by atoms with Crippen molar-refractivity contribution in [1.29, 1.82) is 0 Å². The van der Waals surface area contributed by atoms with Gasteiger partial charge in [-0.15, -0.1) is 0 Å². The predicted molar refractivity (Wildman–Crippen MR) is 114 cm³/mol. The van der Waals surface area contributed by atoms with Crippen LogP contribution in [0, 0.1) is 0 Å². The zero-order chi connectivity index (χ0) is 19.3. The largest absolute Gasteiger partial charge is 0.403 e. The second-order valence-corrected chi connectivity index (χ2v) is 12.1. The van der Waals surface area contributed by atoms with Gasteiger partial charge in [0.25, 0.3) is 8.32 Å². The first-order valence-electron chi connectivity index (χ1n) is 9.26. The summed E-state index contributed by atoms with van der Waals surface area (Å²) in [5, 5.41) is 2.50. The topological polar surface area (TPSA) is 26.3 Å². The Hall–Kier alpha value is -2.49. The van der Waals surface area contributed by atoms with Crippen LogP contribution in [0.3, 0.4) is 0 Å². The Balaban J connectivity index is 2.07. The van der Waals surface area contributed by atoms with Crippen LogP contribution >= 0.6 is 0 Å². The Morgan fingerprint density at radius 2 is 1.26 bits per heavy atom. The molecule has 0 aliphatic carbocycles. The number of benzene rings is 3. The normalized spacial score (nSPS) is 12.0. The van der Waals surface area contributed by atoms with E-state index in [4.69, 9.17) is 4.43 Å². The van der Waals surface area contributed by atoms with Crippen molar-refractivity contribution in [3.05, 3.63) is 96.1 Å². The standard InChI is InChI=1S/C24H26O2Si/c1-24(2,3)27(22-10-6-4-7-11-22,23-12-8-5-9-13-23)26-19-21-16-14-20(18-25)15-17-21/h4-18H,19H2,1-3H3. The lowest BCUT2D eigenvalue weighted by Crippen LogP contribution is -2.66. The Kier molecular flexibility index (Phi) is 5.73. The molecular formula is C24H26O2Si. The minimum absolute atomic E-state index is 0.0432. The zero-order valence-corrected chi connectivity index (χ0v) is 17.2. The van der Waals surface area contributed by atoms with Crippen LogP contribution in [0.15, 0.2) is 84.9 Å². The molecule has 0 saturated heterocycles. The molecule has 0 bridgehead atoms. The number of aldehydes is 1. The third-order valence-corrected chi connectivity index (χ3v) is 9.97. The lowest BCUT2D eigenvalue weighted by molar-refractivity contribution is 0.112. The van der Waals surface area contributed by atoms with E-state index in [0.29, 0.717) is 12.2 Å². The predicted octanol–water partition coefficient (Wildman–Crippen LogP) is 4.58. The summed E-state index contributed by atoms with van der Waals surface area (Å²) in [6, 6.07) is 28.9. The second kappa shape index (κ2) is 8.03. The van der Waals surface area contributed by atoms with E-state index in [1.807, 2.05) is 24.3 Å². The first-order chi connectivity index (χ1) is 13.0. The van der Waals surface area contributed by atoms with Crippen molar-refractivity contribution in [2.24, 2.45) is 0 Å². The Morgan fingerprint density at radius 1 is 0.778 bits per heavy atom. The fourth-order valence-corrected chi connectivity index (χ4v) is 8.18. The molecule has 3 aromatic rings. The third kappa shape index (κ3) is 3.94. The van der Waals surface area contributed by atoms with Gasteiger partial charge in [-0.1, -0.05) is 106 Å². The van der Waals surface area contributed by atoms with Crippen molar-refractivity contribution >= 4 is 25.0 Å². The van der Waals surface area contributed by atoms with Crippen molar-refractivity contribution in [3.8, 4) is 0 Å². The van der Waals surface area contributed by atoms with Crippen LogP contribution in [0.1, 0.15) is 36.7 Å². The van der Waals surface area contributed by atoms with E-state index < -0.39 is 8.32 Å². The summed E-state index contributed by atoms with van der Waals surface area (Å²) in [6.45, 7) is 7.34. The highest BCUT2D eigenvalue weighted by atomic mass is 28.4. The van der Waals surface area contributed by atoms with Gasteiger partial charge in [-0.2, -0.15) is 0 Å². The Morgan fingerprint density at radius 3 is 1.67 bits per heavy atom. The van der Waals surface area contributed by atoms with E-state index in [1.165, 1.54) is 10.4 Å². The minimum atomic E-state index is -2.52. The van der Waals surface area contributed by atoms with Crippen LogP contribution < -0.4 is 10.4 Å². The molecule has 2 nitrogen and oxygen atoms in total. The van der Waals surface area contributed by atoms with Gasteiger partial charge in [0.15, 0.2) is 0 Å². The molecular weight excluding hydrogens is 348 g/mol. The van der Waals surface area contributed by atoms with Gasteiger partial charge in [0.05, 0.1) is 6.61 Å². The molecule has 0 fully saturated rings. The van der Waals surface area contributed by atoms with E-state index >= 15 is 0 Å². The molecule has 138 valence electrons. The van der Waals surface area contributed by atoms with Crippen LogP contribution in [0.2, 0.25) is 5.04 Å². The monoisotopic (exact) mass is 374 g/mol. The number of carbonyl (C=O) groups excluding carboxylic acids is 1. The summed E-state index contributed by atoms with van der Waals surface area (Å²) in [7, 11) is -2.52. The summed E-state index contributed by atoms with van der Waals surface area (Å²) in [6.07, 6.45) is 0.868. The molecule has 3 rings (SSSR count). The fourth-order valence-electron chi connectivity index (χ4n) is 3.65. The molecule has 0 N–H and O–H groups in total. The van der Waals surface area contributed by atoms with Gasteiger partial charge in [-0.3, -0.25) is 4.79 Å². The molecule has 0 spiro atoms. The van der Waals surface area contributed by atoms with Crippen molar-refractivity contribution in [1.82, 2.24) is 0 Å². The average molecular weight is 375 g/mol. The molecule has 0 atom stereocenters. The molecule has 0 unspecified atom stereocenters. The molecule has 3 heteroatoms. The van der Waals surface area contributed by atoms with E-state index in [2.05, 4.69) is 81.4 Å². The highest BCUT2D eigenvalue weighted by Gasteiger charge is 2.50. The summed E-state index contributed by atoms with van der Waals surface area (Å²) in [5.74, 6) is 0. The van der Waals surface area contributed by atoms with E-state index in [9.17, 15) is 4.79 Å². The smallest absolute Gasteiger partial charge is 0.261 e. The molecule has 0 radical (unpaired) electrons. The summed E-state index contributed by atoms with van der Waals surface area (Å²) < 4.78 is 6.88. The van der Waals surface area contributed by atoms with Crippen LogP contribution in [0.5, 0.6) is 0 Å². The quantitative estimate of drug-likeness (QED) is 0.466. The Labute approximate surface area is 163 Å². The molecule has 0 amide bonds. The molecule has 27 heavy (non-hydrogen) atoms. The average Bonchev–Trinajstić information content (AvgIpc) is 2.69. The van der Waals surface area contributed by atoms with Crippen LogP contribution in [-0.2, 0) is 11.0 Å². The van der Waals surface area contributed by atoms with Gasteiger partial charge in [-0.25, -0.2) is 0 Å². The van der Waals surface area contributed by atoms with E-state index in [0.717, 1.165) is 11.8 Å². The van der Waals surface area contributed by atoms with Gasteiger partial charge in [0.1, 0.15) is 6.29 Å². The van der Waals surface area contributed by atoms with Crippen molar-refractivity contribution in [2.75, 3.05) is 0 Å². The lowest BCUT2D eigenvalue weighted by Gasteiger charge is -2.43. The van der Waals surface area contributed by atoms with Crippen molar-refractivity contribution in [2.45, 2.75) is 32.4 Å². The maximum atomic E-state index is 10.9. The Bertz CT molecular complexity index is 826. The highest BCUT2D eigenvalue weighted by molar-refractivity contribution is 6.99. The molecule has 0 saturated carbocycles. The second-order valence-electron chi connectivity index (χ2n) is 7.81. The first kappa shape index (κ1) is 19.3. The van der Waals surface area contributed by atoms with Gasteiger partial charge in [-0.05, 0) is 21.0 Å². The van der Waals surface area contributed by atoms with Gasteiger partial charge < -0.3 is 4.43 Å². The number of hydrogen-bond acceptors (Lipinski definition) is 2. The van der Waals surface area contributed by atoms with Gasteiger partial charge >= 0.3 is 0 Å². The molecule has 0 aliphatic rings. The van der Waals surface area contributed by atoms with Crippen molar-refractivity contribution in [3.63, 3.8) is 0 Å². The maximum absolute atomic E-state index is 10.9. The summed E-state index contributed by atoms with van der Waals surface area (Å²) in [5.41, 5.74) is 1.76. The van der Waals surface area contributed by atoms with Crippen molar-refractivity contribution < 1.29 is 9.22 Å². The third-order valence-electron chi connectivity index (χ3n) is 4.99. The molecule has 3 aromatic carbocycles. The summed E-state index contributed by atoms with van der Waals surface area (Å²) >= 11 is 0. The van der Waals surface area contributed by atoms with Gasteiger partial charge in [0.2, 0.25) is 0 Å². The minimum Gasteiger partial charge on any atom is -0.403 e. The number of rotatable bonds is 6. The maximum Gasteiger partial charge on any atom is 0.261 e. The van der Waals surface area contributed by atoms with E-state index in [1.54, 1.807) is 0 Å². The van der Waals surface area contributed by atoms with E-state index in [-0.39, 0.29) is 5.04 Å². The van der Waals surface area contributed by atoms with Crippen LogP contribution in [0.4, 0.5) is 0 Å². The van der Waals surface area contributed by atoms with Crippen LogP contribution in [0.25, 0.3) is 0 Å². The number of carbonyl (C=O) groups is 1. The summed E-state index contributed by atoms with van der Waals surface area (Å²) in [4.78, 5) is 10.9. The lowest BCUT2D eigenvalue weighted by atomic mass is 10.2. The molecule has 0 heterocycles. The fraction of sp³-hybridized carbons (Fsp3) is 0.208. The molecule has 0 aromatic heterocycles. The highest BCUT2D eigenvalue weighted by Crippen LogP contribution is 2.37. The number of hydrogen-bond donors (Lipinski definition) is 0.